The first-order valence-electron chi connectivity index (χ1n) is 8.38. The lowest BCUT2D eigenvalue weighted by molar-refractivity contribution is 0.256. The number of H-pyrrole nitrogens is 1. The van der Waals surface area contributed by atoms with Gasteiger partial charge >= 0.3 is 6.03 Å². The first-order chi connectivity index (χ1) is 13.0. The number of fused-ring (bicyclic) bond motifs is 2. The number of anilines is 3. The largest absolute Gasteiger partial charge is 0.346 e. The van der Waals surface area contributed by atoms with Crippen molar-refractivity contribution in [3.05, 3.63) is 47.9 Å². The second-order valence-corrected chi connectivity index (χ2v) is 6.41. The molecule has 0 spiro atoms. The molecule has 9 heteroatoms. The van der Waals surface area contributed by atoms with E-state index in [2.05, 4.69) is 31.1 Å². The van der Waals surface area contributed by atoms with Gasteiger partial charge in [0.05, 0.1) is 22.8 Å². The average molecular weight is 359 g/mol. The zero-order chi connectivity index (χ0) is 18.5. The molecule has 0 saturated heterocycles. The number of nitrogens with one attached hydrogen (secondary N) is 3. The van der Waals surface area contributed by atoms with E-state index < -0.39 is 0 Å². The second-order valence-electron chi connectivity index (χ2n) is 6.41. The van der Waals surface area contributed by atoms with Gasteiger partial charge in [0, 0.05) is 29.6 Å². The molecular weight excluding hydrogens is 344 g/mol. The topological polar surface area (TPSA) is 114 Å². The van der Waals surface area contributed by atoms with E-state index in [1.165, 1.54) is 0 Å². The molecular formula is C18H15N8O. The lowest BCUT2D eigenvalue weighted by atomic mass is 10.1. The third-order valence-electron chi connectivity index (χ3n) is 4.28. The third-order valence-corrected chi connectivity index (χ3v) is 4.28. The molecule has 2 amide bonds. The van der Waals surface area contributed by atoms with Crippen LogP contribution in [-0.4, -0.2) is 30.6 Å². The highest BCUT2D eigenvalue weighted by Gasteiger charge is 2.20. The van der Waals surface area contributed by atoms with E-state index in [9.17, 15) is 4.79 Å². The van der Waals surface area contributed by atoms with Gasteiger partial charge in [0.1, 0.15) is 5.65 Å². The minimum absolute atomic E-state index is 0.356. The zero-order valence-electron chi connectivity index (χ0n) is 14.6. The number of aryl methyl sites for hydroxylation is 2. The summed E-state index contributed by atoms with van der Waals surface area (Å²) in [6.07, 6.45) is 1.91. The first-order valence-corrected chi connectivity index (χ1v) is 8.38. The minimum atomic E-state index is -0.356. The van der Waals surface area contributed by atoms with Gasteiger partial charge in [0.25, 0.3) is 0 Å². The molecule has 4 heterocycles. The molecule has 3 N–H and O–H groups in total. The Morgan fingerprint density at radius 3 is 2.81 bits per heavy atom. The molecule has 1 aliphatic rings. The van der Waals surface area contributed by atoms with E-state index in [-0.39, 0.29) is 6.03 Å². The van der Waals surface area contributed by atoms with E-state index in [1.807, 2.05) is 54.8 Å². The number of carbonyl (C=O) groups is 1. The van der Waals surface area contributed by atoms with Crippen LogP contribution in [0.25, 0.3) is 16.9 Å². The highest BCUT2D eigenvalue weighted by atomic mass is 16.2. The summed E-state index contributed by atoms with van der Waals surface area (Å²) in [6, 6.07) is 9.01. The molecule has 1 aromatic carbocycles. The lowest BCUT2D eigenvalue weighted by Crippen LogP contribution is -2.08. The molecule has 27 heavy (non-hydrogen) atoms. The molecule has 0 atom stereocenters. The predicted octanol–water partition coefficient (Wildman–Crippen LogP) is 3.26. The van der Waals surface area contributed by atoms with E-state index in [0.29, 0.717) is 23.1 Å². The van der Waals surface area contributed by atoms with Crippen LogP contribution in [0.1, 0.15) is 11.4 Å². The van der Waals surface area contributed by atoms with E-state index >= 15 is 0 Å². The van der Waals surface area contributed by atoms with Crippen LogP contribution in [0, 0.1) is 13.8 Å². The summed E-state index contributed by atoms with van der Waals surface area (Å²) in [6.45, 7) is 3.86. The first kappa shape index (κ1) is 15.4. The number of hydrogen-bond acceptors (Lipinski definition) is 5. The number of benzene rings is 1. The van der Waals surface area contributed by atoms with Crippen molar-refractivity contribution in [3.63, 3.8) is 0 Å². The summed E-state index contributed by atoms with van der Waals surface area (Å²) in [7, 11) is 0. The summed E-state index contributed by atoms with van der Waals surface area (Å²) in [5.41, 5.74) is 5.47. The summed E-state index contributed by atoms with van der Waals surface area (Å²) in [5.74, 6) is 1.27. The maximum atomic E-state index is 11.5. The van der Waals surface area contributed by atoms with Crippen LogP contribution in [0.15, 0.2) is 36.5 Å². The molecule has 9 nitrogen and oxygen atoms in total. The van der Waals surface area contributed by atoms with E-state index in [4.69, 9.17) is 4.98 Å². The third kappa shape index (κ3) is 2.65. The van der Waals surface area contributed by atoms with E-state index in [1.54, 1.807) is 0 Å². The Labute approximate surface area is 153 Å². The Morgan fingerprint density at radius 2 is 2.00 bits per heavy atom. The van der Waals surface area contributed by atoms with Gasteiger partial charge in [-0.15, -0.1) is 0 Å². The SMILES string of the molecule is Cc1cn2c(Nc3cc(C)[nH]n3)nc(-c3ccc4c(c3)[N]C(=O)N4)cc2n1. The van der Waals surface area contributed by atoms with Gasteiger partial charge in [-0.05, 0) is 26.0 Å². The summed E-state index contributed by atoms with van der Waals surface area (Å²) in [4.78, 5) is 20.8. The van der Waals surface area contributed by atoms with Gasteiger partial charge in [-0.2, -0.15) is 10.4 Å². The Balaban J connectivity index is 1.63. The molecule has 1 radical (unpaired) electrons. The maximum Gasteiger partial charge on any atom is 0.346 e. The maximum absolute atomic E-state index is 11.5. The molecule has 4 aromatic rings. The van der Waals surface area contributed by atoms with Crippen molar-refractivity contribution in [2.24, 2.45) is 0 Å². The smallest absolute Gasteiger partial charge is 0.308 e. The van der Waals surface area contributed by atoms with Gasteiger partial charge < -0.3 is 10.6 Å². The van der Waals surface area contributed by atoms with Crippen molar-refractivity contribution in [3.8, 4) is 11.3 Å². The van der Waals surface area contributed by atoms with Crippen molar-refractivity contribution in [1.29, 1.82) is 0 Å². The number of aromatic nitrogens is 5. The fourth-order valence-electron chi connectivity index (χ4n) is 3.08. The van der Waals surface area contributed by atoms with Gasteiger partial charge in [-0.1, -0.05) is 6.07 Å². The highest BCUT2D eigenvalue weighted by molar-refractivity contribution is 6.02. The van der Waals surface area contributed by atoms with Crippen molar-refractivity contribution >= 4 is 34.8 Å². The molecule has 3 aromatic heterocycles. The van der Waals surface area contributed by atoms with Crippen LogP contribution >= 0.6 is 0 Å². The lowest BCUT2D eigenvalue weighted by Gasteiger charge is -2.09. The second kappa shape index (κ2) is 5.56. The number of nitrogens with zero attached hydrogens (tertiary/aromatic N) is 5. The average Bonchev–Trinajstić information content (AvgIpc) is 3.31. The summed E-state index contributed by atoms with van der Waals surface area (Å²) in [5, 5.41) is 17.0. The van der Waals surface area contributed by atoms with Crippen molar-refractivity contribution in [1.82, 2.24) is 29.9 Å². The number of hydrogen-bond donors (Lipinski definition) is 3. The quantitative estimate of drug-likeness (QED) is 0.519. The minimum Gasteiger partial charge on any atom is -0.308 e. The highest BCUT2D eigenvalue weighted by Crippen LogP contribution is 2.33. The number of aromatic amines is 1. The Bertz CT molecular complexity index is 1210. The van der Waals surface area contributed by atoms with Gasteiger partial charge in [-0.3, -0.25) is 9.50 Å². The Kier molecular flexibility index (Phi) is 3.17. The Morgan fingerprint density at radius 1 is 1.11 bits per heavy atom. The molecule has 0 fully saturated rings. The molecule has 133 valence electrons. The van der Waals surface area contributed by atoms with Crippen molar-refractivity contribution in [2.45, 2.75) is 13.8 Å². The van der Waals surface area contributed by atoms with Crippen LogP contribution in [-0.2, 0) is 0 Å². The van der Waals surface area contributed by atoms with Gasteiger partial charge in [0.2, 0.25) is 5.95 Å². The van der Waals surface area contributed by atoms with Crippen LogP contribution < -0.4 is 16.0 Å². The fourth-order valence-corrected chi connectivity index (χ4v) is 3.08. The number of imidazole rings is 1. The molecule has 0 unspecified atom stereocenters. The van der Waals surface area contributed by atoms with Gasteiger partial charge in [-0.25, -0.2) is 14.8 Å². The molecule has 0 aliphatic carbocycles. The number of urea groups is 1. The molecule has 0 bridgehead atoms. The van der Waals surface area contributed by atoms with Crippen LogP contribution in [0.5, 0.6) is 0 Å². The zero-order valence-corrected chi connectivity index (χ0v) is 14.6. The Hall–Kier alpha value is -3.88. The summed E-state index contributed by atoms with van der Waals surface area (Å²) < 4.78 is 1.88. The fraction of sp³-hybridized carbons (Fsp3) is 0.111. The standard InChI is InChI=1S/C18H15N8O/c1-9-5-15(25-24-9)23-17-20-13(7-16-19-10(2)8-26(16)17)11-3-4-12-14(6-11)22-18(27)21-12/h3-8H,1-2H3,(H,21,27)(H2,20,23,24,25). The monoisotopic (exact) mass is 359 g/mol. The summed E-state index contributed by atoms with van der Waals surface area (Å²) >= 11 is 0. The van der Waals surface area contributed by atoms with Crippen LogP contribution in [0.2, 0.25) is 0 Å². The molecule has 1 aliphatic heterocycles. The van der Waals surface area contributed by atoms with Crippen molar-refractivity contribution < 1.29 is 4.79 Å². The molecule has 5 rings (SSSR count). The number of rotatable bonds is 3. The van der Waals surface area contributed by atoms with Crippen LogP contribution in [0.4, 0.5) is 27.9 Å². The molecule has 0 saturated carbocycles. The number of amides is 2. The number of carbonyl (C=O) groups excluding carboxylic acids is 1. The van der Waals surface area contributed by atoms with Gasteiger partial charge in [0.15, 0.2) is 5.82 Å². The van der Waals surface area contributed by atoms with Crippen molar-refractivity contribution in [2.75, 3.05) is 10.6 Å². The van der Waals surface area contributed by atoms with E-state index in [0.717, 1.165) is 28.3 Å². The normalized spacial score (nSPS) is 12.7. The predicted molar refractivity (Wildman–Crippen MR) is 101 cm³/mol. The van der Waals surface area contributed by atoms with Crippen LogP contribution in [0.3, 0.4) is 0 Å².